The van der Waals surface area contributed by atoms with Crippen LogP contribution in [0.2, 0.25) is 0 Å². The predicted molar refractivity (Wildman–Crippen MR) is 101 cm³/mol. The van der Waals surface area contributed by atoms with Crippen LogP contribution in [0.1, 0.15) is 5.56 Å². The van der Waals surface area contributed by atoms with Crippen LogP contribution >= 0.6 is 12.2 Å². The van der Waals surface area contributed by atoms with Crippen LogP contribution in [0.25, 0.3) is 0 Å². The van der Waals surface area contributed by atoms with E-state index >= 15 is 0 Å². The third-order valence-corrected chi connectivity index (χ3v) is 3.54. The molecule has 2 aromatic carbocycles. The highest BCUT2D eigenvalue weighted by molar-refractivity contribution is 7.80. The number of urea groups is 1. The average Bonchev–Trinajstić information content (AvgIpc) is 2.61. The topological polar surface area (TPSA) is 108 Å². The van der Waals surface area contributed by atoms with Gasteiger partial charge in [0, 0.05) is 6.42 Å². The molecule has 2 rings (SSSR count). The van der Waals surface area contributed by atoms with Gasteiger partial charge in [-0.05, 0) is 29.9 Å². The molecular weight excluding hydrogens is 357 g/mol. The summed E-state index contributed by atoms with van der Waals surface area (Å²) in [6.07, 6.45) is 0.241. The highest BCUT2D eigenvalue weighted by Crippen LogP contribution is 2.11. The van der Waals surface area contributed by atoms with Gasteiger partial charge in [0.25, 0.3) is 5.91 Å². The maximum atomic E-state index is 13.6. The maximum absolute atomic E-state index is 13.6. The lowest BCUT2D eigenvalue weighted by Gasteiger charge is -2.19. The molecule has 6 N–H and O–H groups in total. The standard InChI is InChI=1S/C17H18FN5O2S/c18-12-8-4-5-9-13(12)21-17(26)23-22-15(24)14(20-16(19)25)10-11-6-2-1-3-7-11/h1-9,14H,10H2,(H,22,24)(H3,19,20,25)(H2,21,23,26). The zero-order valence-corrected chi connectivity index (χ0v) is 14.5. The zero-order chi connectivity index (χ0) is 18.9. The lowest BCUT2D eigenvalue weighted by Crippen LogP contribution is -2.54. The Morgan fingerprint density at radius 2 is 1.69 bits per heavy atom. The summed E-state index contributed by atoms with van der Waals surface area (Å²) >= 11 is 5.00. The second-order valence-corrected chi connectivity index (χ2v) is 5.71. The van der Waals surface area contributed by atoms with Gasteiger partial charge in [0.2, 0.25) is 0 Å². The number of amides is 3. The maximum Gasteiger partial charge on any atom is 0.312 e. The molecule has 1 unspecified atom stereocenters. The van der Waals surface area contributed by atoms with Crippen LogP contribution in [-0.4, -0.2) is 23.1 Å². The summed E-state index contributed by atoms with van der Waals surface area (Å²) in [4.78, 5) is 23.5. The highest BCUT2D eigenvalue weighted by atomic mass is 32.1. The Morgan fingerprint density at radius 1 is 1.04 bits per heavy atom. The minimum absolute atomic E-state index is 0.0130. The largest absolute Gasteiger partial charge is 0.352 e. The minimum atomic E-state index is -0.904. The molecule has 0 aliphatic heterocycles. The number of thiocarbonyl (C=S) groups is 1. The first-order valence-electron chi connectivity index (χ1n) is 7.67. The number of primary amides is 1. The Bertz CT molecular complexity index is 788. The third-order valence-electron chi connectivity index (χ3n) is 3.34. The van der Waals surface area contributed by atoms with Crippen molar-refractivity contribution in [2.45, 2.75) is 12.5 Å². The van der Waals surface area contributed by atoms with Crippen LogP contribution in [0.3, 0.4) is 0 Å². The van der Waals surface area contributed by atoms with Gasteiger partial charge < -0.3 is 16.4 Å². The van der Waals surface area contributed by atoms with Crippen LogP contribution in [0, 0.1) is 5.82 Å². The van der Waals surface area contributed by atoms with Crippen LogP contribution in [0.4, 0.5) is 14.9 Å². The van der Waals surface area contributed by atoms with E-state index in [4.69, 9.17) is 18.0 Å². The molecule has 0 aliphatic rings. The predicted octanol–water partition coefficient (Wildman–Crippen LogP) is 1.42. The summed E-state index contributed by atoms with van der Waals surface area (Å²) in [7, 11) is 0. The number of para-hydroxylation sites is 1. The zero-order valence-electron chi connectivity index (χ0n) is 13.7. The summed E-state index contributed by atoms with van der Waals surface area (Å²) in [5.41, 5.74) is 11.0. The molecule has 1 atom stereocenters. The number of nitrogens with two attached hydrogens (primary N) is 1. The van der Waals surface area contributed by atoms with Crippen LogP contribution in [0.5, 0.6) is 0 Å². The Balaban J connectivity index is 1.92. The van der Waals surface area contributed by atoms with Crippen molar-refractivity contribution < 1.29 is 14.0 Å². The van der Waals surface area contributed by atoms with Crippen LogP contribution in [-0.2, 0) is 11.2 Å². The number of carbonyl (C=O) groups excluding carboxylic acids is 2. The molecule has 7 nitrogen and oxygen atoms in total. The van der Waals surface area contributed by atoms with Gasteiger partial charge in [-0.25, -0.2) is 9.18 Å². The number of halogens is 1. The molecule has 0 saturated heterocycles. The number of nitrogens with one attached hydrogen (secondary N) is 4. The monoisotopic (exact) mass is 375 g/mol. The fourth-order valence-electron chi connectivity index (χ4n) is 2.15. The Hall–Kier alpha value is -3.20. The van der Waals surface area contributed by atoms with Crippen molar-refractivity contribution in [2.75, 3.05) is 5.32 Å². The lowest BCUT2D eigenvalue weighted by molar-refractivity contribution is -0.123. The quantitative estimate of drug-likeness (QED) is 0.401. The van der Waals surface area contributed by atoms with E-state index in [-0.39, 0.29) is 17.2 Å². The molecule has 0 bridgehead atoms. The van der Waals surface area contributed by atoms with Gasteiger partial charge >= 0.3 is 6.03 Å². The van der Waals surface area contributed by atoms with Crippen molar-refractivity contribution in [1.82, 2.24) is 16.2 Å². The third kappa shape index (κ3) is 6.02. The summed E-state index contributed by atoms with van der Waals surface area (Å²) in [6.45, 7) is 0. The van der Waals surface area contributed by atoms with Crippen molar-refractivity contribution in [3.8, 4) is 0 Å². The average molecular weight is 375 g/mol. The van der Waals surface area contributed by atoms with Crippen molar-refractivity contribution >= 4 is 35.0 Å². The Labute approximate surface area is 155 Å². The molecule has 0 fully saturated rings. The molecule has 0 radical (unpaired) electrons. The van der Waals surface area contributed by atoms with E-state index in [9.17, 15) is 14.0 Å². The van der Waals surface area contributed by atoms with Crippen molar-refractivity contribution in [1.29, 1.82) is 0 Å². The van der Waals surface area contributed by atoms with Gasteiger partial charge in [0.15, 0.2) is 5.11 Å². The molecule has 0 saturated carbocycles. The minimum Gasteiger partial charge on any atom is -0.352 e. The number of rotatable bonds is 5. The van der Waals surface area contributed by atoms with Crippen molar-refractivity contribution in [3.63, 3.8) is 0 Å². The van der Waals surface area contributed by atoms with E-state index in [2.05, 4.69) is 21.5 Å². The van der Waals surface area contributed by atoms with E-state index in [0.29, 0.717) is 0 Å². The van der Waals surface area contributed by atoms with Crippen LogP contribution in [0.15, 0.2) is 54.6 Å². The molecule has 2 aromatic rings. The fourth-order valence-corrected chi connectivity index (χ4v) is 2.31. The molecule has 136 valence electrons. The summed E-state index contributed by atoms with van der Waals surface area (Å²) in [5.74, 6) is -1.04. The number of anilines is 1. The highest BCUT2D eigenvalue weighted by Gasteiger charge is 2.20. The van der Waals surface area contributed by atoms with E-state index in [1.165, 1.54) is 12.1 Å². The normalized spacial score (nSPS) is 11.1. The summed E-state index contributed by atoms with van der Waals surface area (Å²) in [5, 5.41) is 4.97. The second kappa shape index (κ2) is 9.33. The number of hydrogen-bond donors (Lipinski definition) is 5. The van der Waals surface area contributed by atoms with Crippen LogP contribution < -0.4 is 27.2 Å². The molecule has 0 spiro atoms. The fraction of sp³-hybridized carbons (Fsp3) is 0.118. The molecular formula is C17H18FN5O2S. The first kappa shape index (κ1) is 19.1. The number of benzene rings is 2. The second-order valence-electron chi connectivity index (χ2n) is 5.30. The lowest BCUT2D eigenvalue weighted by atomic mass is 10.1. The smallest absolute Gasteiger partial charge is 0.312 e. The first-order chi connectivity index (χ1) is 12.5. The first-order valence-corrected chi connectivity index (χ1v) is 8.08. The number of carbonyl (C=O) groups is 2. The van der Waals surface area contributed by atoms with Crippen molar-refractivity contribution in [2.24, 2.45) is 5.73 Å². The van der Waals surface area contributed by atoms with Gasteiger partial charge in [-0.1, -0.05) is 42.5 Å². The molecule has 0 aliphatic carbocycles. The van der Waals surface area contributed by atoms with E-state index in [1.54, 1.807) is 12.1 Å². The summed E-state index contributed by atoms with van der Waals surface area (Å²) < 4.78 is 13.6. The van der Waals surface area contributed by atoms with Gasteiger partial charge in [-0.15, -0.1) is 0 Å². The van der Waals surface area contributed by atoms with Gasteiger partial charge in [0.05, 0.1) is 5.69 Å². The van der Waals surface area contributed by atoms with E-state index in [1.807, 2.05) is 30.3 Å². The molecule has 0 aromatic heterocycles. The number of hydrogen-bond acceptors (Lipinski definition) is 3. The van der Waals surface area contributed by atoms with Gasteiger partial charge in [-0.2, -0.15) is 0 Å². The SMILES string of the molecule is NC(=O)NC(Cc1ccccc1)C(=O)NNC(=S)Nc1ccccc1F. The van der Waals surface area contributed by atoms with E-state index in [0.717, 1.165) is 5.56 Å². The molecule has 3 amide bonds. The molecule has 0 heterocycles. The number of hydrazine groups is 1. The molecule has 9 heteroatoms. The van der Waals surface area contributed by atoms with Gasteiger partial charge in [0.1, 0.15) is 11.9 Å². The van der Waals surface area contributed by atoms with E-state index < -0.39 is 23.8 Å². The Morgan fingerprint density at radius 3 is 2.35 bits per heavy atom. The Kier molecular flexibility index (Phi) is 6.86. The molecule has 26 heavy (non-hydrogen) atoms. The van der Waals surface area contributed by atoms with Crippen molar-refractivity contribution in [3.05, 3.63) is 66.0 Å². The summed E-state index contributed by atoms with van der Waals surface area (Å²) in [6, 6.07) is 13.3. The van der Waals surface area contributed by atoms with Gasteiger partial charge in [-0.3, -0.25) is 15.6 Å².